The zero-order chi connectivity index (χ0) is 18.1. The summed E-state index contributed by atoms with van der Waals surface area (Å²) in [6.45, 7) is 4.35. The van der Waals surface area contributed by atoms with Crippen molar-refractivity contribution in [2.45, 2.75) is 19.8 Å². The highest BCUT2D eigenvalue weighted by Crippen LogP contribution is 2.33. The minimum Gasteiger partial charge on any atom is -0.339 e. The highest BCUT2D eigenvalue weighted by atomic mass is 35.5. The Balaban J connectivity index is 1.75. The van der Waals surface area contributed by atoms with E-state index < -0.39 is 0 Å². The predicted molar refractivity (Wildman–Crippen MR) is 104 cm³/mol. The van der Waals surface area contributed by atoms with Gasteiger partial charge in [0.2, 0.25) is 0 Å². The minimum atomic E-state index is 0.436. The molecule has 2 heterocycles. The summed E-state index contributed by atoms with van der Waals surface area (Å²) in [6, 6.07) is 15.7. The number of fused-ring (bicyclic) bond motifs is 1. The van der Waals surface area contributed by atoms with Gasteiger partial charge >= 0.3 is 0 Å². The molecule has 4 rings (SSSR count). The molecule has 130 valence electrons. The van der Waals surface area contributed by atoms with Crippen LogP contribution < -0.4 is 5.32 Å². The molecule has 0 amide bonds. The van der Waals surface area contributed by atoms with Crippen molar-refractivity contribution in [2.24, 2.45) is 0 Å². The van der Waals surface area contributed by atoms with Crippen LogP contribution in [0, 0.1) is 0 Å². The summed E-state index contributed by atoms with van der Waals surface area (Å²) in [5, 5.41) is 8.92. The lowest BCUT2D eigenvalue weighted by molar-refractivity contribution is 0.451. The Labute approximate surface area is 156 Å². The van der Waals surface area contributed by atoms with Crippen molar-refractivity contribution in [3.8, 4) is 11.3 Å². The van der Waals surface area contributed by atoms with Gasteiger partial charge in [0.1, 0.15) is 23.2 Å². The first-order valence-electron chi connectivity index (χ1n) is 8.35. The van der Waals surface area contributed by atoms with Gasteiger partial charge in [0.05, 0.1) is 0 Å². The topological polar surface area (TPSA) is 63.8 Å². The Morgan fingerprint density at radius 3 is 2.38 bits per heavy atom. The number of halogens is 1. The van der Waals surface area contributed by atoms with Gasteiger partial charge in [-0.2, -0.15) is 4.98 Å². The van der Waals surface area contributed by atoms with E-state index in [1.165, 1.54) is 11.9 Å². The summed E-state index contributed by atoms with van der Waals surface area (Å²) in [7, 11) is 0. The number of anilines is 2. The molecular weight excluding hydrogens is 348 g/mol. The third kappa shape index (κ3) is 3.13. The number of nitrogens with one attached hydrogen (secondary N) is 1. The number of hydrogen-bond donors (Lipinski definition) is 1. The van der Waals surface area contributed by atoms with Crippen LogP contribution in [-0.4, -0.2) is 15.1 Å². The van der Waals surface area contributed by atoms with E-state index in [2.05, 4.69) is 46.4 Å². The average molecular weight is 365 g/mol. The second-order valence-corrected chi connectivity index (χ2v) is 6.78. The van der Waals surface area contributed by atoms with Gasteiger partial charge in [-0.05, 0) is 35.7 Å². The number of hydrogen-bond acceptors (Lipinski definition) is 5. The second kappa shape index (κ2) is 6.77. The van der Waals surface area contributed by atoms with Crippen molar-refractivity contribution in [1.82, 2.24) is 15.1 Å². The lowest BCUT2D eigenvalue weighted by Gasteiger charge is -2.09. The van der Waals surface area contributed by atoms with Crippen LogP contribution in [0.25, 0.3) is 22.4 Å². The van der Waals surface area contributed by atoms with Crippen molar-refractivity contribution in [2.75, 3.05) is 5.32 Å². The largest absolute Gasteiger partial charge is 0.339 e. The SMILES string of the molecule is CC(C)c1ccc(Nc2ncnc3onc(-c4ccc(Cl)cc4)c23)cc1. The second-order valence-electron chi connectivity index (χ2n) is 6.34. The van der Waals surface area contributed by atoms with Crippen molar-refractivity contribution in [3.63, 3.8) is 0 Å². The van der Waals surface area contributed by atoms with Crippen LogP contribution in [-0.2, 0) is 0 Å². The highest BCUT2D eigenvalue weighted by molar-refractivity contribution is 6.30. The fourth-order valence-electron chi connectivity index (χ4n) is 2.77. The Morgan fingerprint density at radius 1 is 0.962 bits per heavy atom. The van der Waals surface area contributed by atoms with Gasteiger partial charge < -0.3 is 9.84 Å². The van der Waals surface area contributed by atoms with Gasteiger partial charge in [0.15, 0.2) is 0 Å². The first-order valence-corrected chi connectivity index (χ1v) is 8.73. The van der Waals surface area contributed by atoms with E-state index in [0.717, 1.165) is 16.6 Å². The van der Waals surface area contributed by atoms with Crippen LogP contribution in [0.15, 0.2) is 59.4 Å². The molecule has 0 atom stereocenters. The van der Waals surface area contributed by atoms with Crippen LogP contribution in [0.2, 0.25) is 5.02 Å². The van der Waals surface area contributed by atoms with E-state index in [-0.39, 0.29) is 0 Å². The molecule has 0 unspecified atom stereocenters. The number of benzene rings is 2. The molecule has 5 nitrogen and oxygen atoms in total. The fraction of sp³-hybridized carbons (Fsp3) is 0.150. The maximum absolute atomic E-state index is 5.98. The van der Waals surface area contributed by atoms with Crippen LogP contribution in [0.5, 0.6) is 0 Å². The number of nitrogens with zero attached hydrogens (tertiary/aromatic N) is 3. The van der Waals surface area contributed by atoms with Crippen molar-refractivity contribution in [1.29, 1.82) is 0 Å². The molecule has 6 heteroatoms. The predicted octanol–water partition coefficient (Wildman–Crippen LogP) is 5.81. The zero-order valence-corrected chi connectivity index (χ0v) is 15.2. The summed E-state index contributed by atoms with van der Waals surface area (Å²) in [6.07, 6.45) is 1.46. The first-order chi connectivity index (χ1) is 12.6. The smallest absolute Gasteiger partial charge is 0.263 e. The van der Waals surface area contributed by atoms with Crippen molar-refractivity contribution in [3.05, 3.63) is 65.4 Å². The summed E-state index contributed by atoms with van der Waals surface area (Å²) in [4.78, 5) is 8.57. The van der Waals surface area contributed by atoms with Gasteiger partial charge in [-0.25, -0.2) is 4.98 Å². The van der Waals surface area contributed by atoms with Gasteiger partial charge in [-0.15, -0.1) is 0 Å². The van der Waals surface area contributed by atoms with E-state index in [0.29, 0.717) is 28.2 Å². The molecule has 0 saturated carbocycles. The van der Waals surface area contributed by atoms with E-state index in [4.69, 9.17) is 16.1 Å². The Bertz CT molecular complexity index is 1040. The van der Waals surface area contributed by atoms with Crippen LogP contribution in [0.3, 0.4) is 0 Å². The first kappa shape index (κ1) is 16.5. The molecule has 0 aliphatic rings. The monoisotopic (exact) mass is 364 g/mol. The van der Waals surface area contributed by atoms with Gasteiger partial charge in [-0.3, -0.25) is 0 Å². The third-order valence-electron chi connectivity index (χ3n) is 4.23. The average Bonchev–Trinajstić information content (AvgIpc) is 3.08. The molecule has 0 aliphatic heterocycles. The maximum atomic E-state index is 5.98. The molecule has 0 spiro atoms. The normalized spacial score (nSPS) is 11.2. The lowest BCUT2D eigenvalue weighted by atomic mass is 10.0. The van der Waals surface area contributed by atoms with E-state index >= 15 is 0 Å². The summed E-state index contributed by atoms with van der Waals surface area (Å²) in [5.74, 6) is 1.14. The van der Waals surface area contributed by atoms with E-state index in [1.807, 2.05) is 36.4 Å². The third-order valence-corrected chi connectivity index (χ3v) is 4.48. The molecular formula is C20H17ClN4O. The van der Waals surface area contributed by atoms with Gasteiger partial charge in [0, 0.05) is 16.3 Å². The minimum absolute atomic E-state index is 0.436. The number of aromatic nitrogens is 3. The van der Waals surface area contributed by atoms with Crippen LogP contribution >= 0.6 is 11.6 Å². The Kier molecular flexibility index (Phi) is 4.31. The molecule has 0 bridgehead atoms. The number of rotatable bonds is 4. The lowest BCUT2D eigenvalue weighted by Crippen LogP contribution is -1.96. The summed E-state index contributed by atoms with van der Waals surface area (Å²) >= 11 is 5.98. The highest BCUT2D eigenvalue weighted by Gasteiger charge is 2.17. The molecule has 0 fully saturated rings. The van der Waals surface area contributed by atoms with E-state index in [1.54, 1.807) is 0 Å². The summed E-state index contributed by atoms with van der Waals surface area (Å²) < 4.78 is 5.39. The molecule has 2 aromatic heterocycles. The Morgan fingerprint density at radius 2 is 1.69 bits per heavy atom. The van der Waals surface area contributed by atoms with Crippen LogP contribution in [0.1, 0.15) is 25.3 Å². The quantitative estimate of drug-likeness (QED) is 0.495. The fourth-order valence-corrected chi connectivity index (χ4v) is 2.90. The summed E-state index contributed by atoms with van der Waals surface area (Å²) in [5.41, 5.74) is 4.24. The van der Waals surface area contributed by atoms with E-state index in [9.17, 15) is 0 Å². The molecule has 2 aromatic carbocycles. The molecule has 0 saturated heterocycles. The standard InChI is InChI=1S/C20H17ClN4O/c1-12(2)13-5-9-16(10-6-13)24-19-17-18(14-3-7-15(21)8-4-14)25-26-20(17)23-11-22-19/h3-12H,1-2H3,(H,22,23,24). The molecule has 4 aromatic rings. The molecule has 26 heavy (non-hydrogen) atoms. The Hall–Kier alpha value is -2.92. The molecule has 0 radical (unpaired) electrons. The molecule has 1 N–H and O–H groups in total. The van der Waals surface area contributed by atoms with Gasteiger partial charge in [-0.1, -0.05) is 54.9 Å². The molecule has 0 aliphatic carbocycles. The zero-order valence-electron chi connectivity index (χ0n) is 14.4. The van der Waals surface area contributed by atoms with Crippen molar-refractivity contribution < 1.29 is 4.52 Å². The van der Waals surface area contributed by atoms with Gasteiger partial charge in [0.25, 0.3) is 5.71 Å². The van der Waals surface area contributed by atoms with Crippen molar-refractivity contribution >= 4 is 34.2 Å². The van der Waals surface area contributed by atoms with Crippen LogP contribution in [0.4, 0.5) is 11.5 Å². The maximum Gasteiger partial charge on any atom is 0.263 e.